The van der Waals surface area contributed by atoms with Crippen LogP contribution in [-0.4, -0.2) is 70.8 Å². The number of fused-ring (bicyclic) bond motifs is 3. The molecule has 6 nitrogen and oxygen atoms in total. The van der Waals surface area contributed by atoms with E-state index < -0.39 is 0 Å². The molecule has 1 aliphatic carbocycles. The van der Waals surface area contributed by atoms with Crippen LogP contribution >= 0.6 is 0 Å². The molecule has 2 saturated heterocycles. The molecule has 2 aliphatic heterocycles. The first-order valence-corrected chi connectivity index (χ1v) is 11.3. The smallest absolute Gasteiger partial charge is 0.272 e. The van der Waals surface area contributed by atoms with Gasteiger partial charge < -0.3 is 10.2 Å². The van der Waals surface area contributed by atoms with Crippen molar-refractivity contribution in [2.24, 2.45) is 0 Å². The average Bonchev–Trinajstić information content (AvgIpc) is 3.10. The fourth-order valence-corrected chi connectivity index (χ4v) is 5.82. The molecule has 1 aromatic carbocycles. The highest BCUT2D eigenvalue weighted by atomic mass is 16.2. The lowest BCUT2D eigenvalue weighted by Crippen LogP contribution is -2.63. The summed E-state index contributed by atoms with van der Waals surface area (Å²) in [6, 6.07) is 9.94. The van der Waals surface area contributed by atoms with Crippen LogP contribution in [0.1, 0.15) is 61.5 Å². The summed E-state index contributed by atoms with van der Waals surface area (Å²) in [6.07, 6.45) is 8.20. The van der Waals surface area contributed by atoms with Crippen LogP contribution in [0.4, 0.5) is 0 Å². The van der Waals surface area contributed by atoms with E-state index in [1.165, 1.54) is 32.1 Å². The van der Waals surface area contributed by atoms with Gasteiger partial charge in [0.2, 0.25) is 0 Å². The first kappa shape index (κ1) is 19.1. The number of carbonyl (C=O) groups is 1. The third-order valence-corrected chi connectivity index (χ3v) is 7.39. The number of hydrogen-bond donors (Lipinski definition) is 1. The predicted molar refractivity (Wildman–Crippen MR) is 115 cm³/mol. The molecule has 0 radical (unpaired) electrons. The fourth-order valence-electron chi connectivity index (χ4n) is 5.82. The summed E-state index contributed by atoms with van der Waals surface area (Å²) < 4.78 is 2.14. The van der Waals surface area contributed by atoms with Gasteiger partial charge in [-0.3, -0.25) is 14.4 Å². The Kier molecular flexibility index (Phi) is 5.08. The maximum Gasteiger partial charge on any atom is 0.272 e. The zero-order chi connectivity index (χ0) is 20.0. The van der Waals surface area contributed by atoms with Crippen LogP contribution in [0.2, 0.25) is 0 Å². The minimum atomic E-state index is -0.00302. The second kappa shape index (κ2) is 7.73. The van der Waals surface area contributed by atoms with Crippen molar-refractivity contribution in [3.63, 3.8) is 0 Å². The number of piperazine rings is 1. The molecule has 1 amide bonds. The lowest BCUT2D eigenvalue weighted by molar-refractivity contribution is 0.00837. The van der Waals surface area contributed by atoms with Crippen LogP contribution in [0.15, 0.2) is 24.3 Å². The molecule has 1 saturated carbocycles. The summed E-state index contributed by atoms with van der Waals surface area (Å²) in [5.41, 5.74) is 1.71. The van der Waals surface area contributed by atoms with Crippen LogP contribution in [0.3, 0.4) is 0 Å². The van der Waals surface area contributed by atoms with E-state index in [1.807, 2.05) is 6.07 Å². The van der Waals surface area contributed by atoms with Crippen molar-refractivity contribution in [3.05, 3.63) is 30.0 Å². The number of nitrogens with one attached hydrogen (secondary N) is 1. The number of likely N-dealkylation sites (tertiary alicyclic amines) is 1. The highest BCUT2D eigenvalue weighted by Gasteiger charge is 2.38. The van der Waals surface area contributed by atoms with E-state index in [1.54, 1.807) is 0 Å². The molecule has 2 atom stereocenters. The topological polar surface area (TPSA) is 53.4 Å². The monoisotopic (exact) mass is 395 g/mol. The second-order valence-electron chi connectivity index (χ2n) is 9.44. The van der Waals surface area contributed by atoms with Crippen LogP contribution in [0, 0.1) is 0 Å². The van der Waals surface area contributed by atoms with Gasteiger partial charge >= 0.3 is 0 Å². The van der Waals surface area contributed by atoms with E-state index in [2.05, 4.69) is 52.1 Å². The van der Waals surface area contributed by atoms with E-state index in [9.17, 15) is 4.79 Å². The van der Waals surface area contributed by atoms with Gasteiger partial charge in [-0.2, -0.15) is 5.10 Å². The summed E-state index contributed by atoms with van der Waals surface area (Å²) >= 11 is 0. The Bertz CT molecular complexity index is 871. The molecule has 6 heteroatoms. The Morgan fingerprint density at radius 3 is 2.41 bits per heavy atom. The molecule has 156 valence electrons. The van der Waals surface area contributed by atoms with E-state index in [0.717, 1.165) is 36.8 Å². The molecule has 2 bridgehead atoms. The zero-order valence-corrected chi connectivity index (χ0v) is 17.7. The third kappa shape index (κ3) is 3.57. The van der Waals surface area contributed by atoms with Crippen LogP contribution in [-0.2, 0) is 0 Å². The molecular weight excluding hydrogens is 362 g/mol. The number of para-hydroxylation sites is 1. The maximum atomic E-state index is 13.3. The summed E-state index contributed by atoms with van der Waals surface area (Å²) in [6.45, 7) is 2.16. The largest absolute Gasteiger partial charge is 0.348 e. The number of hydrogen-bond acceptors (Lipinski definition) is 4. The predicted octanol–water partition coefficient (Wildman–Crippen LogP) is 3.05. The van der Waals surface area contributed by atoms with Crippen molar-refractivity contribution >= 4 is 16.8 Å². The number of rotatable bonds is 3. The number of benzene rings is 1. The second-order valence-corrected chi connectivity index (χ2v) is 9.44. The fraction of sp³-hybridized carbons (Fsp3) is 0.652. The Morgan fingerprint density at radius 2 is 1.69 bits per heavy atom. The van der Waals surface area contributed by atoms with Crippen molar-refractivity contribution in [1.29, 1.82) is 0 Å². The standard InChI is InChI=1S/C23H33N5O/c1-26-14-18-12-16(13-19(15-26)27(18)2)24-23(29)22-20-10-6-7-11-21(20)28(25-22)17-8-4-3-5-9-17/h6-7,10-11,16-19H,3-5,8-9,12-15H2,1-2H3,(H,24,29). The summed E-state index contributed by atoms with van der Waals surface area (Å²) in [7, 11) is 4.44. The van der Waals surface area contributed by atoms with Gasteiger partial charge in [0.1, 0.15) is 0 Å². The van der Waals surface area contributed by atoms with Crippen LogP contribution < -0.4 is 5.32 Å². The lowest BCUT2D eigenvalue weighted by atomic mass is 9.88. The van der Waals surface area contributed by atoms with Gasteiger partial charge in [-0.1, -0.05) is 37.5 Å². The molecule has 3 heterocycles. The van der Waals surface area contributed by atoms with Crippen molar-refractivity contribution in [3.8, 4) is 0 Å². The minimum Gasteiger partial charge on any atom is -0.348 e. The third-order valence-electron chi connectivity index (χ3n) is 7.39. The summed E-state index contributed by atoms with van der Waals surface area (Å²) in [5.74, 6) is -0.00302. The Morgan fingerprint density at radius 1 is 1.00 bits per heavy atom. The molecule has 1 N–H and O–H groups in total. The number of amides is 1. The van der Waals surface area contributed by atoms with Gasteiger partial charge in [0.15, 0.2) is 5.69 Å². The SMILES string of the molecule is CN1CC2CC(NC(=O)c3nn(C4CCCCC4)c4ccccc34)CC(C1)N2C. The molecule has 1 aromatic heterocycles. The van der Waals surface area contributed by atoms with E-state index in [-0.39, 0.29) is 11.9 Å². The maximum absolute atomic E-state index is 13.3. The number of nitrogens with zero attached hydrogens (tertiary/aromatic N) is 4. The normalized spacial score (nSPS) is 29.2. The van der Waals surface area contributed by atoms with Gasteiger partial charge in [-0.15, -0.1) is 0 Å². The van der Waals surface area contributed by atoms with Gasteiger partial charge in [0, 0.05) is 36.6 Å². The number of carbonyl (C=O) groups excluding carboxylic acids is 1. The summed E-state index contributed by atoms with van der Waals surface area (Å²) in [4.78, 5) is 18.2. The quantitative estimate of drug-likeness (QED) is 0.868. The van der Waals surface area contributed by atoms with Crippen LogP contribution in [0.25, 0.3) is 10.9 Å². The van der Waals surface area contributed by atoms with Crippen molar-refractivity contribution in [1.82, 2.24) is 24.9 Å². The lowest BCUT2D eigenvalue weighted by Gasteiger charge is -2.50. The Hall–Kier alpha value is -1.92. The van der Waals surface area contributed by atoms with Crippen molar-refractivity contribution in [2.45, 2.75) is 69.1 Å². The Balaban J connectivity index is 1.37. The molecule has 2 aromatic rings. The molecule has 0 spiro atoms. The van der Waals surface area contributed by atoms with Crippen molar-refractivity contribution < 1.29 is 4.79 Å². The number of likely N-dealkylation sites (N-methyl/N-ethyl adjacent to an activating group) is 2. The molecule has 3 aliphatic rings. The van der Waals surface area contributed by atoms with E-state index in [4.69, 9.17) is 5.10 Å². The van der Waals surface area contributed by atoms with Crippen molar-refractivity contribution in [2.75, 3.05) is 27.2 Å². The van der Waals surface area contributed by atoms with Gasteiger partial charge in [-0.05, 0) is 45.8 Å². The first-order chi connectivity index (χ1) is 14.1. The van der Waals surface area contributed by atoms with Gasteiger partial charge in [0.05, 0.1) is 11.6 Å². The molecule has 5 rings (SSSR count). The average molecular weight is 396 g/mol. The van der Waals surface area contributed by atoms with Crippen LogP contribution in [0.5, 0.6) is 0 Å². The van der Waals surface area contributed by atoms with Gasteiger partial charge in [0.25, 0.3) is 5.91 Å². The van der Waals surface area contributed by atoms with E-state index in [0.29, 0.717) is 23.8 Å². The molecule has 2 unspecified atom stereocenters. The molecular formula is C23H33N5O. The highest BCUT2D eigenvalue weighted by Crippen LogP contribution is 2.32. The zero-order valence-electron chi connectivity index (χ0n) is 17.7. The minimum absolute atomic E-state index is 0.00302. The number of piperidine rings is 1. The number of aromatic nitrogens is 2. The first-order valence-electron chi connectivity index (χ1n) is 11.3. The molecule has 3 fully saturated rings. The molecule has 29 heavy (non-hydrogen) atoms. The highest BCUT2D eigenvalue weighted by molar-refractivity contribution is 6.05. The Labute approximate surface area is 173 Å². The summed E-state index contributed by atoms with van der Waals surface area (Å²) in [5, 5.41) is 9.20. The van der Waals surface area contributed by atoms with Gasteiger partial charge in [-0.25, -0.2) is 0 Å². The van der Waals surface area contributed by atoms with E-state index >= 15 is 0 Å².